The van der Waals surface area contributed by atoms with Crippen LogP contribution in [-0.2, 0) is 6.42 Å². The summed E-state index contributed by atoms with van der Waals surface area (Å²) in [6.07, 6.45) is 4.37. The first kappa shape index (κ1) is 18.7. The van der Waals surface area contributed by atoms with Crippen molar-refractivity contribution in [1.82, 2.24) is 0 Å². The Bertz CT molecular complexity index is 852. The number of carbonyl (C=O) groups is 1. The normalized spacial score (nSPS) is 10.4. The monoisotopic (exact) mass is 359 g/mol. The smallest absolute Gasteiger partial charge is 0.150 e. The van der Waals surface area contributed by atoms with E-state index in [0.717, 1.165) is 35.5 Å². The van der Waals surface area contributed by atoms with Crippen LogP contribution in [0.5, 0.6) is 5.75 Å². The summed E-state index contributed by atoms with van der Waals surface area (Å²) in [6.45, 7) is 2.21. The van der Waals surface area contributed by atoms with Gasteiger partial charge in [0.2, 0.25) is 0 Å². The van der Waals surface area contributed by atoms with Gasteiger partial charge in [0.05, 0.1) is 7.11 Å². The van der Waals surface area contributed by atoms with Crippen molar-refractivity contribution in [2.75, 3.05) is 12.0 Å². The third-order valence-corrected chi connectivity index (χ3v) is 4.63. The van der Waals surface area contributed by atoms with Crippen LogP contribution >= 0.6 is 0 Å². The highest BCUT2D eigenvalue weighted by Crippen LogP contribution is 2.35. The summed E-state index contributed by atoms with van der Waals surface area (Å²) in [5.41, 5.74) is 5.15. The van der Waals surface area contributed by atoms with Gasteiger partial charge in [-0.3, -0.25) is 4.79 Å². The Labute approximate surface area is 161 Å². The van der Waals surface area contributed by atoms with Crippen LogP contribution in [0.2, 0.25) is 0 Å². The fourth-order valence-electron chi connectivity index (χ4n) is 3.07. The van der Waals surface area contributed by atoms with E-state index in [-0.39, 0.29) is 0 Å². The minimum Gasteiger partial charge on any atom is -0.497 e. The van der Waals surface area contributed by atoms with Gasteiger partial charge in [0.1, 0.15) is 12.0 Å². The average Bonchev–Trinajstić information content (AvgIpc) is 2.74. The Morgan fingerprint density at radius 3 is 1.81 bits per heavy atom. The molecule has 3 nitrogen and oxygen atoms in total. The molecule has 0 aliphatic rings. The number of aldehydes is 1. The molecule has 0 saturated heterocycles. The number of aryl methyl sites for hydroxylation is 1. The number of benzene rings is 3. The molecule has 138 valence electrons. The molecule has 0 heterocycles. The van der Waals surface area contributed by atoms with Crippen molar-refractivity contribution in [3.05, 3.63) is 83.9 Å². The quantitative estimate of drug-likeness (QED) is 0.441. The van der Waals surface area contributed by atoms with Crippen LogP contribution in [-0.4, -0.2) is 13.4 Å². The molecule has 0 amide bonds. The van der Waals surface area contributed by atoms with Crippen molar-refractivity contribution in [2.45, 2.75) is 26.2 Å². The molecular weight excluding hydrogens is 334 g/mol. The van der Waals surface area contributed by atoms with Crippen molar-refractivity contribution >= 4 is 23.3 Å². The molecule has 0 atom stereocenters. The third kappa shape index (κ3) is 4.56. The predicted molar refractivity (Wildman–Crippen MR) is 112 cm³/mol. The van der Waals surface area contributed by atoms with Gasteiger partial charge < -0.3 is 9.64 Å². The number of unbranched alkanes of at least 4 members (excludes halogenated alkanes) is 1. The second-order valence-corrected chi connectivity index (χ2v) is 6.51. The van der Waals surface area contributed by atoms with E-state index in [0.29, 0.717) is 5.56 Å². The number of hydrogen-bond donors (Lipinski definition) is 0. The molecule has 0 fully saturated rings. The minimum atomic E-state index is 0.670. The lowest BCUT2D eigenvalue weighted by Gasteiger charge is -2.26. The van der Waals surface area contributed by atoms with Gasteiger partial charge in [0.15, 0.2) is 0 Å². The van der Waals surface area contributed by atoms with E-state index in [9.17, 15) is 4.79 Å². The summed E-state index contributed by atoms with van der Waals surface area (Å²) >= 11 is 0. The van der Waals surface area contributed by atoms with Gasteiger partial charge in [0, 0.05) is 22.6 Å². The zero-order valence-electron chi connectivity index (χ0n) is 15.9. The van der Waals surface area contributed by atoms with Crippen molar-refractivity contribution in [2.24, 2.45) is 0 Å². The molecule has 0 spiro atoms. The van der Waals surface area contributed by atoms with Crippen molar-refractivity contribution in [3.8, 4) is 5.75 Å². The molecule has 3 aromatic carbocycles. The minimum absolute atomic E-state index is 0.670. The topological polar surface area (TPSA) is 29.5 Å². The number of hydrogen-bond acceptors (Lipinski definition) is 3. The SMILES string of the molecule is CCCCc1ccc(N(c2ccc(C=O)cc2)c2ccc(OC)cc2)cc1. The summed E-state index contributed by atoms with van der Waals surface area (Å²) in [5.74, 6) is 0.824. The van der Waals surface area contributed by atoms with Crippen LogP contribution in [0.1, 0.15) is 35.7 Å². The zero-order chi connectivity index (χ0) is 19.1. The number of nitrogens with zero attached hydrogens (tertiary/aromatic N) is 1. The molecule has 0 aliphatic carbocycles. The lowest BCUT2D eigenvalue weighted by atomic mass is 10.1. The molecule has 0 N–H and O–H groups in total. The van der Waals surface area contributed by atoms with Gasteiger partial charge >= 0.3 is 0 Å². The maximum atomic E-state index is 11.0. The van der Waals surface area contributed by atoms with Crippen LogP contribution in [0.3, 0.4) is 0 Å². The molecule has 0 unspecified atom stereocenters. The molecular formula is C24H25NO2. The Morgan fingerprint density at radius 2 is 1.33 bits per heavy atom. The van der Waals surface area contributed by atoms with Crippen molar-refractivity contribution in [3.63, 3.8) is 0 Å². The van der Waals surface area contributed by atoms with E-state index in [1.165, 1.54) is 18.4 Å². The predicted octanol–water partition coefficient (Wildman–Crippen LogP) is 6.32. The zero-order valence-corrected chi connectivity index (χ0v) is 15.9. The first-order valence-electron chi connectivity index (χ1n) is 9.33. The van der Waals surface area contributed by atoms with Gasteiger partial charge in [0.25, 0.3) is 0 Å². The van der Waals surface area contributed by atoms with E-state index >= 15 is 0 Å². The maximum absolute atomic E-state index is 11.0. The molecule has 0 aromatic heterocycles. The largest absolute Gasteiger partial charge is 0.497 e. The Hall–Kier alpha value is -3.07. The van der Waals surface area contributed by atoms with Crippen LogP contribution in [0.4, 0.5) is 17.1 Å². The van der Waals surface area contributed by atoms with E-state index in [1.54, 1.807) is 7.11 Å². The number of methoxy groups -OCH3 is 1. The number of ether oxygens (including phenoxy) is 1. The van der Waals surface area contributed by atoms with E-state index in [2.05, 4.69) is 36.1 Å². The average molecular weight is 359 g/mol. The Kier molecular flexibility index (Phi) is 6.26. The number of carbonyl (C=O) groups excluding carboxylic acids is 1. The van der Waals surface area contributed by atoms with Gasteiger partial charge in [-0.2, -0.15) is 0 Å². The third-order valence-electron chi connectivity index (χ3n) is 4.63. The molecule has 0 bridgehead atoms. The van der Waals surface area contributed by atoms with Gasteiger partial charge in [-0.15, -0.1) is 0 Å². The van der Waals surface area contributed by atoms with Crippen LogP contribution in [0.15, 0.2) is 72.8 Å². The molecule has 3 aromatic rings. The van der Waals surface area contributed by atoms with Crippen LogP contribution < -0.4 is 9.64 Å². The van der Waals surface area contributed by atoms with E-state index in [4.69, 9.17) is 4.74 Å². The van der Waals surface area contributed by atoms with Gasteiger partial charge in [-0.25, -0.2) is 0 Å². The molecule has 0 saturated carbocycles. The highest BCUT2D eigenvalue weighted by atomic mass is 16.5. The lowest BCUT2D eigenvalue weighted by Crippen LogP contribution is -2.10. The highest BCUT2D eigenvalue weighted by molar-refractivity contribution is 5.80. The molecule has 3 rings (SSSR count). The Morgan fingerprint density at radius 1 is 0.815 bits per heavy atom. The first-order valence-corrected chi connectivity index (χ1v) is 9.33. The summed E-state index contributed by atoms with van der Waals surface area (Å²) < 4.78 is 5.29. The molecule has 27 heavy (non-hydrogen) atoms. The van der Waals surface area contributed by atoms with Crippen LogP contribution in [0.25, 0.3) is 0 Å². The molecule has 0 radical (unpaired) electrons. The summed E-state index contributed by atoms with van der Waals surface area (Å²) in [5, 5.41) is 0. The Balaban J connectivity index is 1.98. The molecule has 0 aliphatic heterocycles. The van der Waals surface area contributed by atoms with Crippen LogP contribution in [0, 0.1) is 0 Å². The second kappa shape index (κ2) is 9.04. The lowest BCUT2D eigenvalue weighted by molar-refractivity contribution is 0.112. The fraction of sp³-hybridized carbons (Fsp3) is 0.208. The van der Waals surface area contributed by atoms with Crippen molar-refractivity contribution in [1.29, 1.82) is 0 Å². The second-order valence-electron chi connectivity index (χ2n) is 6.51. The van der Waals surface area contributed by atoms with Crippen molar-refractivity contribution < 1.29 is 9.53 Å². The molecule has 3 heteroatoms. The summed E-state index contributed by atoms with van der Waals surface area (Å²) in [7, 11) is 1.67. The highest BCUT2D eigenvalue weighted by Gasteiger charge is 2.12. The standard InChI is InChI=1S/C24H25NO2/c1-3-4-5-19-6-10-21(11-7-19)25(22-12-8-20(18-26)9-13-22)23-14-16-24(27-2)17-15-23/h6-18H,3-5H2,1-2H3. The maximum Gasteiger partial charge on any atom is 0.150 e. The fourth-order valence-corrected chi connectivity index (χ4v) is 3.07. The van der Waals surface area contributed by atoms with E-state index in [1.807, 2.05) is 48.5 Å². The van der Waals surface area contributed by atoms with Gasteiger partial charge in [-0.1, -0.05) is 25.5 Å². The first-order chi connectivity index (χ1) is 13.2. The van der Waals surface area contributed by atoms with E-state index < -0.39 is 0 Å². The van der Waals surface area contributed by atoms with Gasteiger partial charge in [-0.05, 0) is 79.1 Å². The summed E-state index contributed by atoms with van der Waals surface area (Å²) in [4.78, 5) is 13.2. The number of anilines is 3. The summed E-state index contributed by atoms with van der Waals surface area (Å²) in [6, 6.07) is 24.3. The number of rotatable bonds is 8.